The Morgan fingerprint density at radius 2 is 1.89 bits per heavy atom. The molecule has 2 N–H and O–H groups in total. The van der Waals surface area contributed by atoms with E-state index in [-0.39, 0.29) is 6.04 Å². The molecule has 1 aromatic carbocycles. The number of rotatable bonds is 3. The van der Waals surface area contributed by atoms with Crippen molar-refractivity contribution < 1.29 is 0 Å². The summed E-state index contributed by atoms with van der Waals surface area (Å²) in [7, 11) is 4.07. The summed E-state index contributed by atoms with van der Waals surface area (Å²) in [6.07, 6.45) is 3.70. The third-order valence-corrected chi connectivity index (χ3v) is 2.98. The molecule has 2 rings (SSSR count). The maximum atomic E-state index is 5.89. The Balaban J connectivity index is 2.42. The first-order chi connectivity index (χ1) is 8.58. The van der Waals surface area contributed by atoms with Crippen molar-refractivity contribution in [1.82, 2.24) is 4.98 Å². The molecule has 18 heavy (non-hydrogen) atoms. The van der Waals surface area contributed by atoms with Crippen LogP contribution in [0.5, 0.6) is 0 Å². The monoisotopic (exact) mass is 241 g/mol. The molecule has 0 aliphatic carbocycles. The molecule has 94 valence electrons. The second-order valence-corrected chi connectivity index (χ2v) is 4.74. The second-order valence-electron chi connectivity index (χ2n) is 4.74. The van der Waals surface area contributed by atoms with Crippen LogP contribution in [-0.2, 0) is 0 Å². The maximum absolute atomic E-state index is 5.89. The van der Waals surface area contributed by atoms with Crippen molar-refractivity contribution >= 4 is 5.69 Å². The van der Waals surface area contributed by atoms with E-state index in [0.717, 1.165) is 16.7 Å². The maximum Gasteiger partial charge on any atom is 0.0367 e. The average molecular weight is 241 g/mol. The highest BCUT2D eigenvalue weighted by Crippen LogP contribution is 2.24. The first kappa shape index (κ1) is 12.6. The molecular weight excluding hydrogens is 222 g/mol. The van der Waals surface area contributed by atoms with E-state index in [4.69, 9.17) is 5.73 Å². The summed E-state index contributed by atoms with van der Waals surface area (Å²) >= 11 is 0. The summed E-state index contributed by atoms with van der Waals surface area (Å²) in [6.45, 7) is 1.97. The minimum absolute atomic E-state index is 0.00878. The molecule has 2 aromatic rings. The Morgan fingerprint density at radius 1 is 1.11 bits per heavy atom. The van der Waals surface area contributed by atoms with Crippen LogP contribution in [0.15, 0.2) is 42.7 Å². The van der Waals surface area contributed by atoms with Gasteiger partial charge in [0.25, 0.3) is 0 Å². The molecule has 1 unspecified atom stereocenters. The van der Waals surface area contributed by atoms with E-state index in [2.05, 4.69) is 40.2 Å². The standard InChI is InChI=1S/C15H19N3/c1-11(16)13-7-14(10-17-9-13)12-5-4-6-15(8-12)18(2)3/h4-11H,16H2,1-3H3. The van der Waals surface area contributed by atoms with Gasteiger partial charge < -0.3 is 10.6 Å². The summed E-state index contributed by atoms with van der Waals surface area (Å²) in [5, 5.41) is 0. The summed E-state index contributed by atoms with van der Waals surface area (Å²) < 4.78 is 0. The molecule has 0 spiro atoms. The fourth-order valence-corrected chi connectivity index (χ4v) is 1.83. The predicted octanol–water partition coefficient (Wildman–Crippen LogP) is 2.83. The third-order valence-electron chi connectivity index (χ3n) is 2.98. The number of anilines is 1. The van der Waals surface area contributed by atoms with Gasteiger partial charge in [0.15, 0.2) is 0 Å². The van der Waals surface area contributed by atoms with Crippen LogP contribution in [0.2, 0.25) is 0 Å². The van der Waals surface area contributed by atoms with E-state index in [1.54, 1.807) is 0 Å². The number of aromatic nitrogens is 1. The summed E-state index contributed by atoms with van der Waals surface area (Å²) in [4.78, 5) is 6.35. The normalized spacial score (nSPS) is 12.2. The molecule has 0 aliphatic rings. The van der Waals surface area contributed by atoms with Gasteiger partial charge in [-0.2, -0.15) is 0 Å². The van der Waals surface area contributed by atoms with Gasteiger partial charge in [-0.05, 0) is 36.2 Å². The van der Waals surface area contributed by atoms with Crippen molar-refractivity contribution in [1.29, 1.82) is 0 Å². The van der Waals surface area contributed by atoms with Crippen LogP contribution >= 0.6 is 0 Å². The lowest BCUT2D eigenvalue weighted by Crippen LogP contribution is -2.08. The van der Waals surface area contributed by atoms with Crippen LogP contribution in [-0.4, -0.2) is 19.1 Å². The van der Waals surface area contributed by atoms with E-state index in [0.29, 0.717) is 0 Å². The molecule has 1 aromatic heterocycles. The molecule has 1 atom stereocenters. The lowest BCUT2D eigenvalue weighted by molar-refractivity contribution is 0.812. The number of hydrogen-bond acceptors (Lipinski definition) is 3. The summed E-state index contributed by atoms with van der Waals surface area (Å²) in [5.74, 6) is 0. The molecule has 0 amide bonds. The van der Waals surface area contributed by atoms with Gasteiger partial charge in [0, 0.05) is 43.8 Å². The minimum atomic E-state index is 0.00878. The van der Waals surface area contributed by atoms with E-state index < -0.39 is 0 Å². The third kappa shape index (κ3) is 2.68. The zero-order valence-corrected chi connectivity index (χ0v) is 11.1. The van der Waals surface area contributed by atoms with Crippen molar-refractivity contribution in [2.45, 2.75) is 13.0 Å². The van der Waals surface area contributed by atoms with Crippen LogP contribution in [0.4, 0.5) is 5.69 Å². The Hall–Kier alpha value is -1.87. The van der Waals surface area contributed by atoms with Crippen LogP contribution < -0.4 is 10.6 Å². The molecule has 0 radical (unpaired) electrons. The Morgan fingerprint density at radius 3 is 2.56 bits per heavy atom. The number of pyridine rings is 1. The van der Waals surface area contributed by atoms with Gasteiger partial charge >= 0.3 is 0 Å². The molecule has 0 saturated carbocycles. The molecule has 0 saturated heterocycles. The van der Waals surface area contributed by atoms with Crippen molar-refractivity contribution in [2.24, 2.45) is 5.73 Å². The minimum Gasteiger partial charge on any atom is -0.378 e. The first-order valence-electron chi connectivity index (χ1n) is 6.06. The van der Waals surface area contributed by atoms with Crippen LogP contribution in [0.1, 0.15) is 18.5 Å². The lowest BCUT2D eigenvalue weighted by Gasteiger charge is -2.14. The second kappa shape index (κ2) is 5.19. The zero-order chi connectivity index (χ0) is 13.1. The fourth-order valence-electron chi connectivity index (χ4n) is 1.83. The zero-order valence-electron chi connectivity index (χ0n) is 11.1. The Bertz CT molecular complexity index is 483. The first-order valence-corrected chi connectivity index (χ1v) is 6.06. The van der Waals surface area contributed by atoms with E-state index in [1.165, 1.54) is 5.69 Å². The predicted molar refractivity (Wildman–Crippen MR) is 76.6 cm³/mol. The van der Waals surface area contributed by atoms with Gasteiger partial charge in [-0.1, -0.05) is 12.1 Å². The van der Waals surface area contributed by atoms with Crippen LogP contribution in [0.25, 0.3) is 11.1 Å². The van der Waals surface area contributed by atoms with Gasteiger partial charge in [-0.15, -0.1) is 0 Å². The number of hydrogen-bond donors (Lipinski definition) is 1. The highest BCUT2D eigenvalue weighted by molar-refractivity contribution is 5.68. The molecule has 3 nitrogen and oxygen atoms in total. The smallest absolute Gasteiger partial charge is 0.0367 e. The lowest BCUT2D eigenvalue weighted by atomic mass is 10.0. The average Bonchev–Trinajstić information content (AvgIpc) is 2.39. The molecule has 0 aliphatic heterocycles. The Labute approximate surface area is 108 Å². The fraction of sp³-hybridized carbons (Fsp3) is 0.267. The highest BCUT2D eigenvalue weighted by Gasteiger charge is 2.04. The van der Waals surface area contributed by atoms with Gasteiger partial charge in [-0.3, -0.25) is 4.98 Å². The van der Waals surface area contributed by atoms with Crippen molar-refractivity contribution in [3.63, 3.8) is 0 Å². The SMILES string of the molecule is CC(N)c1cncc(-c2cccc(N(C)C)c2)c1. The van der Waals surface area contributed by atoms with E-state index >= 15 is 0 Å². The van der Waals surface area contributed by atoms with E-state index in [1.807, 2.05) is 33.4 Å². The van der Waals surface area contributed by atoms with Gasteiger partial charge in [0.05, 0.1) is 0 Å². The van der Waals surface area contributed by atoms with Crippen molar-refractivity contribution in [2.75, 3.05) is 19.0 Å². The molecule has 3 heteroatoms. The highest BCUT2D eigenvalue weighted by atomic mass is 15.1. The van der Waals surface area contributed by atoms with E-state index in [9.17, 15) is 0 Å². The van der Waals surface area contributed by atoms with Gasteiger partial charge in [-0.25, -0.2) is 0 Å². The number of nitrogens with two attached hydrogens (primary N) is 1. The van der Waals surface area contributed by atoms with Gasteiger partial charge in [0.2, 0.25) is 0 Å². The number of nitrogens with zero attached hydrogens (tertiary/aromatic N) is 2. The number of benzene rings is 1. The Kier molecular flexibility index (Phi) is 3.63. The topological polar surface area (TPSA) is 42.1 Å². The molecule has 0 bridgehead atoms. The van der Waals surface area contributed by atoms with Gasteiger partial charge in [0.1, 0.15) is 0 Å². The summed E-state index contributed by atoms with van der Waals surface area (Å²) in [6, 6.07) is 10.5. The summed E-state index contributed by atoms with van der Waals surface area (Å²) in [5.41, 5.74) is 10.4. The quantitative estimate of drug-likeness (QED) is 0.898. The van der Waals surface area contributed by atoms with Crippen molar-refractivity contribution in [3.05, 3.63) is 48.3 Å². The molecule has 0 fully saturated rings. The van der Waals surface area contributed by atoms with Crippen molar-refractivity contribution in [3.8, 4) is 11.1 Å². The largest absolute Gasteiger partial charge is 0.378 e. The van der Waals surface area contributed by atoms with Crippen LogP contribution in [0, 0.1) is 0 Å². The van der Waals surface area contributed by atoms with Crippen LogP contribution in [0.3, 0.4) is 0 Å². The molecule has 1 heterocycles. The molecular formula is C15H19N3.